The molecule has 1 aromatic carbocycles. The van der Waals surface area contributed by atoms with Gasteiger partial charge in [0.2, 0.25) is 0 Å². The summed E-state index contributed by atoms with van der Waals surface area (Å²) in [6.07, 6.45) is 6.03. The molecule has 1 aromatic heterocycles. The topological polar surface area (TPSA) is 34.4 Å². The average molecular weight is 245 g/mol. The molecule has 1 atom stereocenters. The molecule has 1 fully saturated rings. The number of aliphatic hydroxyl groups is 1. The van der Waals surface area contributed by atoms with Crippen molar-refractivity contribution in [3.8, 4) is 0 Å². The molecular weight excluding hydrogens is 226 g/mol. The molecule has 3 heteroatoms. The predicted octanol–water partition coefficient (Wildman–Crippen LogP) is 2.70. The Balaban J connectivity index is 1.78. The van der Waals surface area contributed by atoms with Crippen LogP contribution in [0.5, 0.6) is 0 Å². The summed E-state index contributed by atoms with van der Waals surface area (Å²) in [5.74, 6) is 0. The van der Waals surface area contributed by atoms with E-state index in [1.807, 2.05) is 6.07 Å². The molecule has 1 aliphatic rings. The van der Waals surface area contributed by atoms with Crippen LogP contribution in [0.3, 0.4) is 0 Å². The fraction of sp³-hybridized carbons (Fsp3) is 0.467. The Bertz CT molecular complexity index is 526. The van der Waals surface area contributed by atoms with Crippen molar-refractivity contribution >= 4 is 10.9 Å². The highest BCUT2D eigenvalue weighted by molar-refractivity contribution is 5.80. The van der Waals surface area contributed by atoms with Crippen molar-refractivity contribution in [1.82, 2.24) is 4.57 Å². The van der Waals surface area contributed by atoms with E-state index in [0.717, 1.165) is 25.1 Å². The summed E-state index contributed by atoms with van der Waals surface area (Å²) < 4.78 is 7.91. The highest BCUT2D eigenvalue weighted by Crippen LogP contribution is 2.21. The van der Waals surface area contributed by atoms with Crippen molar-refractivity contribution in [3.63, 3.8) is 0 Å². The lowest BCUT2D eigenvalue weighted by molar-refractivity contribution is 0.101. The third-order valence-electron chi connectivity index (χ3n) is 3.74. The van der Waals surface area contributed by atoms with Crippen LogP contribution in [0.2, 0.25) is 0 Å². The Morgan fingerprint density at radius 2 is 2.28 bits per heavy atom. The molecule has 3 rings (SSSR count). The molecule has 1 saturated heterocycles. The van der Waals surface area contributed by atoms with Gasteiger partial charge in [-0.3, -0.25) is 0 Å². The molecule has 0 bridgehead atoms. The number of rotatable bonds is 4. The quantitative estimate of drug-likeness (QED) is 0.898. The maximum Gasteiger partial charge on any atom is 0.0682 e. The zero-order valence-electron chi connectivity index (χ0n) is 10.5. The van der Waals surface area contributed by atoms with E-state index in [0.29, 0.717) is 6.10 Å². The monoisotopic (exact) mass is 245 g/mol. The van der Waals surface area contributed by atoms with Crippen molar-refractivity contribution in [2.24, 2.45) is 0 Å². The van der Waals surface area contributed by atoms with Gasteiger partial charge in [-0.2, -0.15) is 0 Å². The summed E-state index contributed by atoms with van der Waals surface area (Å²) >= 11 is 0. The fourth-order valence-electron chi connectivity index (χ4n) is 2.68. The third-order valence-corrected chi connectivity index (χ3v) is 3.74. The number of fused-ring (bicyclic) bond motifs is 1. The molecule has 2 heterocycles. The third kappa shape index (κ3) is 2.28. The number of nitrogens with zero attached hydrogens (tertiary/aromatic N) is 1. The first-order valence-corrected chi connectivity index (χ1v) is 6.67. The smallest absolute Gasteiger partial charge is 0.0682 e. The molecule has 0 saturated carbocycles. The highest BCUT2D eigenvalue weighted by atomic mass is 16.5. The predicted molar refractivity (Wildman–Crippen MR) is 71.5 cm³/mol. The molecule has 2 aromatic rings. The van der Waals surface area contributed by atoms with E-state index in [1.165, 1.54) is 23.7 Å². The van der Waals surface area contributed by atoms with Crippen LogP contribution in [-0.2, 0) is 17.9 Å². The van der Waals surface area contributed by atoms with Gasteiger partial charge < -0.3 is 14.4 Å². The van der Waals surface area contributed by atoms with Gasteiger partial charge in [0, 0.05) is 24.9 Å². The van der Waals surface area contributed by atoms with Crippen LogP contribution in [-0.4, -0.2) is 22.4 Å². The first kappa shape index (κ1) is 11.8. The molecule has 1 aliphatic heterocycles. The molecule has 3 nitrogen and oxygen atoms in total. The molecule has 0 spiro atoms. The largest absolute Gasteiger partial charge is 0.392 e. The zero-order valence-corrected chi connectivity index (χ0v) is 10.5. The van der Waals surface area contributed by atoms with Crippen molar-refractivity contribution in [2.45, 2.75) is 38.5 Å². The Kier molecular flexibility index (Phi) is 3.35. The van der Waals surface area contributed by atoms with Gasteiger partial charge in [-0.1, -0.05) is 12.1 Å². The molecule has 1 N–H and O–H groups in total. The second kappa shape index (κ2) is 5.12. The number of aryl methyl sites for hydroxylation is 1. The second-order valence-electron chi connectivity index (χ2n) is 4.98. The number of ether oxygens (including phenoxy) is 1. The number of aromatic nitrogens is 1. The maximum absolute atomic E-state index is 9.20. The van der Waals surface area contributed by atoms with E-state index in [2.05, 4.69) is 29.0 Å². The van der Waals surface area contributed by atoms with E-state index in [-0.39, 0.29) is 6.61 Å². The Morgan fingerprint density at radius 3 is 3.06 bits per heavy atom. The van der Waals surface area contributed by atoms with Gasteiger partial charge in [0.05, 0.1) is 12.7 Å². The van der Waals surface area contributed by atoms with Crippen molar-refractivity contribution in [1.29, 1.82) is 0 Å². The van der Waals surface area contributed by atoms with Crippen LogP contribution in [0.25, 0.3) is 10.9 Å². The molecule has 0 aliphatic carbocycles. The minimum atomic E-state index is 0.104. The standard InChI is InChI=1S/C15H19NO2/c17-11-12-3-4-13-5-7-16(15(13)10-12)8-6-14-2-1-9-18-14/h3-5,7,10,14,17H,1-2,6,8-9,11H2. The summed E-state index contributed by atoms with van der Waals surface area (Å²) in [4.78, 5) is 0. The van der Waals surface area contributed by atoms with Crippen LogP contribution >= 0.6 is 0 Å². The second-order valence-corrected chi connectivity index (χ2v) is 4.98. The Labute approximate surface area is 107 Å². The number of aliphatic hydroxyl groups excluding tert-OH is 1. The fourth-order valence-corrected chi connectivity index (χ4v) is 2.68. The summed E-state index contributed by atoms with van der Waals surface area (Å²) in [6, 6.07) is 8.26. The van der Waals surface area contributed by atoms with E-state index >= 15 is 0 Å². The van der Waals surface area contributed by atoms with Crippen molar-refractivity contribution in [2.75, 3.05) is 6.61 Å². The van der Waals surface area contributed by atoms with Gasteiger partial charge in [-0.25, -0.2) is 0 Å². The van der Waals surface area contributed by atoms with Gasteiger partial charge in [0.15, 0.2) is 0 Å². The molecule has 96 valence electrons. The van der Waals surface area contributed by atoms with Crippen molar-refractivity contribution < 1.29 is 9.84 Å². The van der Waals surface area contributed by atoms with E-state index in [4.69, 9.17) is 4.74 Å². The van der Waals surface area contributed by atoms with Crippen LogP contribution in [0.4, 0.5) is 0 Å². The normalized spacial score (nSPS) is 19.7. The summed E-state index contributed by atoms with van der Waals surface area (Å²) in [7, 11) is 0. The number of benzene rings is 1. The van der Waals surface area contributed by atoms with E-state index in [1.54, 1.807) is 0 Å². The minimum Gasteiger partial charge on any atom is -0.392 e. The van der Waals surface area contributed by atoms with Gasteiger partial charge in [0.1, 0.15) is 0 Å². The van der Waals surface area contributed by atoms with Crippen molar-refractivity contribution in [3.05, 3.63) is 36.0 Å². The first-order valence-electron chi connectivity index (χ1n) is 6.67. The van der Waals surface area contributed by atoms with E-state index in [9.17, 15) is 5.11 Å². The maximum atomic E-state index is 9.20. The lowest BCUT2D eigenvalue weighted by atomic mass is 10.1. The van der Waals surface area contributed by atoms with Crippen LogP contribution in [0.15, 0.2) is 30.5 Å². The van der Waals surface area contributed by atoms with Crippen LogP contribution in [0, 0.1) is 0 Å². The number of hydrogen-bond acceptors (Lipinski definition) is 2. The number of hydrogen-bond donors (Lipinski definition) is 1. The molecule has 0 radical (unpaired) electrons. The summed E-state index contributed by atoms with van der Waals surface area (Å²) in [6.45, 7) is 2.02. The SMILES string of the molecule is OCc1ccc2ccn(CCC3CCCO3)c2c1. The minimum absolute atomic E-state index is 0.104. The zero-order chi connectivity index (χ0) is 12.4. The van der Waals surface area contributed by atoms with Gasteiger partial charge in [-0.05, 0) is 42.3 Å². The van der Waals surface area contributed by atoms with Crippen LogP contribution < -0.4 is 0 Å². The average Bonchev–Trinajstić information content (AvgIpc) is 3.05. The Hall–Kier alpha value is -1.32. The lowest BCUT2D eigenvalue weighted by Gasteiger charge is -2.11. The van der Waals surface area contributed by atoms with Gasteiger partial charge in [-0.15, -0.1) is 0 Å². The van der Waals surface area contributed by atoms with Gasteiger partial charge >= 0.3 is 0 Å². The molecular formula is C15H19NO2. The highest BCUT2D eigenvalue weighted by Gasteiger charge is 2.15. The molecule has 0 amide bonds. The lowest BCUT2D eigenvalue weighted by Crippen LogP contribution is -2.09. The van der Waals surface area contributed by atoms with Gasteiger partial charge in [0.25, 0.3) is 0 Å². The molecule has 1 unspecified atom stereocenters. The van der Waals surface area contributed by atoms with Crippen LogP contribution in [0.1, 0.15) is 24.8 Å². The Morgan fingerprint density at radius 1 is 1.33 bits per heavy atom. The summed E-state index contributed by atoms with van der Waals surface area (Å²) in [5.41, 5.74) is 2.18. The molecule has 18 heavy (non-hydrogen) atoms. The van der Waals surface area contributed by atoms with E-state index < -0.39 is 0 Å². The summed E-state index contributed by atoms with van der Waals surface area (Å²) in [5, 5.41) is 10.4. The first-order chi connectivity index (χ1) is 8.86.